The first-order valence-electron chi connectivity index (χ1n) is 8.98. The number of aryl methyl sites for hydroxylation is 1. The van der Waals surface area contributed by atoms with E-state index in [2.05, 4.69) is 15.6 Å². The predicted octanol–water partition coefficient (Wildman–Crippen LogP) is 4.25. The van der Waals surface area contributed by atoms with E-state index in [4.69, 9.17) is 4.74 Å². The summed E-state index contributed by atoms with van der Waals surface area (Å²) in [6, 6.07) is 16.4. The lowest BCUT2D eigenvalue weighted by atomic mass is 9.90. The topological polar surface area (TPSA) is 80.3 Å². The largest absolute Gasteiger partial charge is 0.455 e. The zero-order valence-corrected chi connectivity index (χ0v) is 15.3. The van der Waals surface area contributed by atoms with Crippen molar-refractivity contribution in [1.82, 2.24) is 4.98 Å². The molecule has 1 unspecified atom stereocenters. The van der Waals surface area contributed by atoms with Crippen LogP contribution in [0.2, 0.25) is 0 Å². The number of anilines is 2. The van der Waals surface area contributed by atoms with Crippen LogP contribution in [0, 0.1) is 6.92 Å². The maximum atomic E-state index is 12.8. The molecule has 4 rings (SSSR count). The van der Waals surface area contributed by atoms with Gasteiger partial charge in [-0.3, -0.25) is 14.6 Å². The molecular formula is C22H19N3O3. The van der Waals surface area contributed by atoms with E-state index in [-0.39, 0.29) is 18.2 Å². The van der Waals surface area contributed by atoms with Gasteiger partial charge in [0.1, 0.15) is 11.5 Å². The molecule has 1 aromatic heterocycles. The van der Waals surface area contributed by atoms with Crippen molar-refractivity contribution in [2.75, 3.05) is 10.6 Å². The summed E-state index contributed by atoms with van der Waals surface area (Å²) >= 11 is 0. The summed E-state index contributed by atoms with van der Waals surface area (Å²) < 4.78 is 5.82. The molecular weight excluding hydrogens is 354 g/mol. The average Bonchev–Trinajstić information content (AvgIpc) is 2.70. The molecule has 3 aromatic rings. The van der Waals surface area contributed by atoms with Crippen molar-refractivity contribution >= 4 is 23.2 Å². The highest BCUT2D eigenvalue weighted by molar-refractivity contribution is 6.05. The van der Waals surface area contributed by atoms with E-state index in [1.807, 2.05) is 37.3 Å². The summed E-state index contributed by atoms with van der Waals surface area (Å²) in [5.41, 5.74) is 3.05. The molecule has 0 aliphatic carbocycles. The minimum atomic E-state index is -0.517. The molecule has 0 saturated heterocycles. The number of pyridine rings is 1. The minimum absolute atomic E-state index is 0.129. The van der Waals surface area contributed by atoms with Crippen LogP contribution < -0.4 is 15.4 Å². The lowest BCUT2D eigenvalue weighted by molar-refractivity contribution is -0.123. The van der Waals surface area contributed by atoms with E-state index in [0.29, 0.717) is 22.9 Å². The highest BCUT2D eigenvalue weighted by atomic mass is 16.5. The molecule has 0 saturated carbocycles. The number of nitrogens with zero attached hydrogens (tertiary/aromatic N) is 1. The third-order valence-electron chi connectivity index (χ3n) is 4.62. The molecule has 6 heteroatoms. The number of ether oxygens (including phenoxy) is 1. The quantitative estimate of drug-likeness (QED) is 0.717. The van der Waals surface area contributed by atoms with E-state index in [9.17, 15) is 9.59 Å². The van der Waals surface area contributed by atoms with Crippen LogP contribution in [-0.4, -0.2) is 16.8 Å². The predicted molar refractivity (Wildman–Crippen MR) is 107 cm³/mol. The molecule has 2 amide bonds. The van der Waals surface area contributed by atoms with Crippen molar-refractivity contribution in [3.63, 3.8) is 0 Å². The first-order valence-corrected chi connectivity index (χ1v) is 8.98. The molecule has 28 heavy (non-hydrogen) atoms. The zero-order chi connectivity index (χ0) is 19.5. The van der Waals surface area contributed by atoms with Gasteiger partial charge in [-0.1, -0.05) is 18.2 Å². The Labute approximate surface area is 162 Å². The van der Waals surface area contributed by atoms with Gasteiger partial charge >= 0.3 is 0 Å². The van der Waals surface area contributed by atoms with Crippen LogP contribution in [0.25, 0.3) is 0 Å². The second kappa shape index (κ2) is 7.52. The molecule has 0 radical (unpaired) electrons. The first-order chi connectivity index (χ1) is 13.6. The first kappa shape index (κ1) is 17.7. The third kappa shape index (κ3) is 3.71. The number of fused-ring (bicyclic) bond motifs is 1. The molecule has 6 nitrogen and oxygen atoms in total. The summed E-state index contributed by atoms with van der Waals surface area (Å²) in [4.78, 5) is 28.8. The van der Waals surface area contributed by atoms with Gasteiger partial charge in [-0.05, 0) is 54.4 Å². The second-order valence-corrected chi connectivity index (χ2v) is 6.65. The molecule has 1 aliphatic rings. The number of nitrogens with one attached hydrogen (secondary N) is 2. The van der Waals surface area contributed by atoms with Crippen LogP contribution in [0.1, 0.15) is 23.5 Å². The lowest BCUT2D eigenvalue weighted by Crippen LogP contribution is -2.30. The highest BCUT2D eigenvalue weighted by Crippen LogP contribution is 2.33. The van der Waals surface area contributed by atoms with Crippen molar-refractivity contribution in [3.05, 3.63) is 78.1 Å². The van der Waals surface area contributed by atoms with Crippen LogP contribution in [0.4, 0.5) is 11.4 Å². The Bertz CT molecular complexity index is 1030. The third-order valence-corrected chi connectivity index (χ3v) is 4.62. The molecule has 1 atom stereocenters. The number of benzene rings is 2. The second-order valence-electron chi connectivity index (χ2n) is 6.65. The standard InChI is InChI=1S/C22H19N3O3/c1-14-11-15(8-9-20(14)28-16-5-4-10-23-13-16)24-22(27)18-12-21(26)25-19-7-3-2-6-17(18)19/h2-11,13,18H,12H2,1H3,(H,24,27)(H,25,26). The zero-order valence-electron chi connectivity index (χ0n) is 15.3. The maximum Gasteiger partial charge on any atom is 0.232 e. The summed E-state index contributed by atoms with van der Waals surface area (Å²) in [5, 5.41) is 5.73. The maximum absolute atomic E-state index is 12.8. The molecule has 0 fully saturated rings. The highest BCUT2D eigenvalue weighted by Gasteiger charge is 2.30. The van der Waals surface area contributed by atoms with Crippen LogP contribution in [0.5, 0.6) is 11.5 Å². The van der Waals surface area contributed by atoms with Crippen molar-refractivity contribution in [3.8, 4) is 11.5 Å². The lowest BCUT2D eigenvalue weighted by Gasteiger charge is -2.24. The van der Waals surface area contributed by atoms with Gasteiger partial charge in [0.05, 0.1) is 12.1 Å². The number of aromatic nitrogens is 1. The van der Waals surface area contributed by atoms with Gasteiger partial charge in [-0.25, -0.2) is 0 Å². The number of hydrogen-bond donors (Lipinski definition) is 2. The van der Waals surface area contributed by atoms with Gasteiger partial charge in [0.15, 0.2) is 0 Å². The van der Waals surface area contributed by atoms with Crippen LogP contribution >= 0.6 is 0 Å². The number of rotatable bonds is 4. The van der Waals surface area contributed by atoms with Crippen LogP contribution in [0.3, 0.4) is 0 Å². The van der Waals surface area contributed by atoms with E-state index >= 15 is 0 Å². The van der Waals surface area contributed by atoms with Crippen molar-refractivity contribution in [1.29, 1.82) is 0 Å². The number of carbonyl (C=O) groups is 2. The molecule has 140 valence electrons. The van der Waals surface area contributed by atoms with Gasteiger partial charge in [-0.15, -0.1) is 0 Å². The normalized spacial score (nSPS) is 15.3. The molecule has 1 aliphatic heterocycles. The van der Waals surface area contributed by atoms with Crippen LogP contribution in [-0.2, 0) is 9.59 Å². The Hall–Kier alpha value is -3.67. The van der Waals surface area contributed by atoms with Crippen molar-refractivity contribution < 1.29 is 14.3 Å². The van der Waals surface area contributed by atoms with Gasteiger partial charge in [0, 0.05) is 24.0 Å². The number of amides is 2. The summed E-state index contributed by atoms with van der Waals surface area (Å²) in [6.07, 6.45) is 3.45. The minimum Gasteiger partial charge on any atom is -0.455 e. The van der Waals surface area contributed by atoms with Crippen LogP contribution in [0.15, 0.2) is 67.0 Å². The van der Waals surface area contributed by atoms with Gasteiger partial charge in [0.2, 0.25) is 11.8 Å². The van der Waals surface area contributed by atoms with Gasteiger partial charge in [0.25, 0.3) is 0 Å². The number of carbonyl (C=O) groups excluding carboxylic acids is 2. The Kier molecular flexibility index (Phi) is 4.76. The van der Waals surface area contributed by atoms with Crippen molar-refractivity contribution in [2.24, 2.45) is 0 Å². The SMILES string of the molecule is Cc1cc(NC(=O)C2CC(=O)Nc3ccccc32)ccc1Oc1cccnc1. The van der Waals surface area contributed by atoms with E-state index in [1.165, 1.54) is 0 Å². The Balaban J connectivity index is 1.51. The van der Waals surface area contributed by atoms with Crippen molar-refractivity contribution in [2.45, 2.75) is 19.3 Å². The number of para-hydroxylation sites is 1. The van der Waals surface area contributed by atoms with E-state index < -0.39 is 5.92 Å². The number of hydrogen-bond acceptors (Lipinski definition) is 4. The fraction of sp³-hybridized carbons (Fsp3) is 0.136. The van der Waals surface area contributed by atoms with E-state index in [1.54, 1.807) is 36.7 Å². The Morgan fingerprint density at radius 1 is 1.18 bits per heavy atom. The average molecular weight is 373 g/mol. The molecule has 2 N–H and O–H groups in total. The Morgan fingerprint density at radius 3 is 2.82 bits per heavy atom. The smallest absolute Gasteiger partial charge is 0.232 e. The summed E-state index contributed by atoms with van der Waals surface area (Å²) in [6.45, 7) is 1.91. The molecule has 2 aromatic carbocycles. The summed E-state index contributed by atoms with van der Waals surface area (Å²) in [7, 11) is 0. The molecule has 0 spiro atoms. The molecule has 2 heterocycles. The fourth-order valence-electron chi connectivity index (χ4n) is 3.25. The van der Waals surface area contributed by atoms with Gasteiger partial charge < -0.3 is 15.4 Å². The van der Waals surface area contributed by atoms with Gasteiger partial charge in [-0.2, -0.15) is 0 Å². The fourth-order valence-corrected chi connectivity index (χ4v) is 3.25. The monoisotopic (exact) mass is 373 g/mol. The Morgan fingerprint density at radius 2 is 2.04 bits per heavy atom. The van der Waals surface area contributed by atoms with E-state index in [0.717, 1.165) is 11.1 Å². The summed E-state index contributed by atoms with van der Waals surface area (Å²) in [5.74, 6) is 0.454. The molecule has 0 bridgehead atoms.